The van der Waals surface area contributed by atoms with Crippen LogP contribution < -0.4 is 16.5 Å². The third kappa shape index (κ3) is 5.53. The van der Waals surface area contributed by atoms with Gasteiger partial charge >= 0.3 is 23.9 Å². The number of halogens is 1. The Morgan fingerprint density at radius 1 is 1.08 bits per heavy atom. The number of hydrogen-bond acceptors (Lipinski definition) is 16. The van der Waals surface area contributed by atoms with Crippen LogP contribution in [0.25, 0.3) is 0 Å². The number of nitrogen functional groups attached to an aromatic ring is 1. The van der Waals surface area contributed by atoms with Crippen LogP contribution in [0.4, 0.5) is 9.93 Å². The molecule has 3 saturated heterocycles. The summed E-state index contributed by atoms with van der Waals surface area (Å²) in [6.07, 6.45) is 0.257. The Morgan fingerprint density at radius 2 is 1.80 bits per heavy atom. The molecule has 0 unspecified atom stereocenters. The number of oxime groups is 1. The summed E-state index contributed by atoms with van der Waals surface area (Å²) in [4.78, 5) is 98.3. The lowest BCUT2D eigenvalue weighted by molar-refractivity contribution is -0.153. The molecule has 1 aromatic heterocycles. The number of β-lactam (4-membered cyclic amide) rings is 1. The predicted molar refractivity (Wildman–Crippen MR) is 163 cm³/mol. The summed E-state index contributed by atoms with van der Waals surface area (Å²) in [5.74, 6) is -9.01. The molecule has 258 valence electrons. The van der Waals surface area contributed by atoms with Crippen LogP contribution in [0.3, 0.4) is 0 Å². The number of carboxylic acid groups (broad SMARTS) is 2. The van der Waals surface area contributed by atoms with E-state index < -0.39 is 97.7 Å². The average Bonchev–Trinajstić information content (AvgIpc) is 3.40. The highest BCUT2D eigenvalue weighted by atomic mass is 35.5. The summed E-state index contributed by atoms with van der Waals surface area (Å²) < 4.78 is 3.89. The van der Waals surface area contributed by atoms with Gasteiger partial charge in [-0.3, -0.25) is 29.5 Å². The first kappa shape index (κ1) is 33.5. The minimum absolute atomic E-state index is 0.0494. The smallest absolute Gasteiger partial charge is 0.350 e. The number of anilines is 1. The summed E-state index contributed by atoms with van der Waals surface area (Å²) in [6, 6.07) is -0.453. The minimum atomic E-state index is -2.09. The van der Waals surface area contributed by atoms with Crippen molar-refractivity contribution in [3.05, 3.63) is 28.5 Å². The number of phenolic OH excluding ortho intramolecular Hbond substituents is 2. The van der Waals surface area contributed by atoms with Crippen molar-refractivity contribution in [3.8, 4) is 11.5 Å². The molecule has 4 aliphatic rings. The quantitative estimate of drug-likeness (QED) is 0.0339. The maximum atomic E-state index is 13.4. The second-order valence-corrected chi connectivity index (χ2v) is 13.5. The van der Waals surface area contributed by atoms with Crippen LogP contribution in [-0.4, -0.2) is 133 Å². The number of amides is 5. The molecule has 1 saturated carbocycles. The van der Waals surface area contributed by atoms with E-state index in [-0.39, 0.29) is 36.9 Å². The molecule has 0 radical (unpaired) electrons. The van der Waals surface area contributed by atoms with Gasteiger partial charge in [-0.2, -0.15) is 9.36 Å². The lowest BCUT2D eigenvalue weighted by Crippen LogP contribution is -2.68. The van der Waals surface area contributed by atoms with E-state index in [1.807, 2.05) is 0 Å². The molecule has 6 rings (SSSR count). The fourth-order valence-electron chi connectivity index (χ4n) is 5.12. The number of Topliss-reactive ketones (excluding diaryl/α,β-unsaturated/α-hetero) is 1. The highest BCUT2D eigenvalue weighted by Gasteiger charge is 2.66. The molecule has 0 spiro atoms. The van der Waals surface area contributed by atoms with Crippen LogP contribution >= 0.6 is 34.9 Å². The zero-order chi connectivity index (χ0) is 35.6. The molecule has 1 aromatic carbocycles. The van der Waals surface area contributed by atoms with Crippen molar-refractivity contribution in [3.63, 3.8) is 0 Å². The molecule has 0 bridgehead atoms. The number of benzene rings is 1. The van der Waals surface area contributed by atoms with Gasteiger partial charge in [-0.1, -0.05) is 28.5 Å². The minimum Gasteiger partial charge on any atom is -0.504 e. The molecule has 4 fully saturated rings. The van der Waals surface area contributed by atoms with Gasteiger partial charge in [0.25, 0.3) is 11.7 Å². The Balaban J connectivity index is 1.15. The molecule has 8 N–H and O–H groups in total. The van der Waals surface area contributed by atoms with Gasteiger partial charge in [0.15, 0.2) is 16.6 Å². The van der Waals surface area contributed by atoms with Gasteiger partial charge < -0.3 is 41.2 Å². The van der Waals surface area contributed by atoms with E-state index in [0.29, 0.717) is 28.3 Å². The number of nitrogens with zero attached hydrogens (tertiary/aromatic N) is 6. The van der Waals surface area contributed by atoms with Crippen molar-refractivity contribution < 1.29 is 58.8 Å². The number of urea groups is 1. The van der Waals surface area contributed by atoms with Crippen LogP contribution in [0.2, 0.25) is 5.02 Å². The maximum absolute atomic E-state index is 13.4. The number of aliphatic carboxylic acids is 2. The van der Waals surface area contributed by atoms with Crippen LogP contribution in [0, 0.1) is 0 Å². The van der Waals surface area contributed by atoms with Gasteiger partial charge in [-0.05, 0) is 12.1 Å². The number of hydrazine groups is 1. The number of aromatic nitrogens is 2. The van der Waals surface area contributed by atoms with Gasteiger partial charge in [0.05, 0.1) is 23.7 Å². The Labute approximate surface area is 285 Å². The predicted octanol–water partition coefficient (Wildman–Crippen LogP) is -1.64. The number of nitrogens with one attached hydrogen (secondary N) is 2. The summed E-state index contributed by atoms with van der Waals surface area (Å²) in [7, 11) is 0. The second-order valence-electron chi connectivity index (χ2n) is 11.0. The van der Waals surface area contributed by atoms with Crippen molar-refractivity contribution in [1.29, 1.82) is 0 Å². The number of hydrogen-bond donors (Lipinski definition) is 7. The summed E-state index contributed by atoms with van der Waals surface area (Å²) >= 11 is 7.24. The van der Waals surface area contributed by atoms with E-state index in [2.05, 4.69) is 25.3 Å². The second kappa shape index (κ2) is 11.9. The molecule has 1 aliphatic carbocycles. The number of carboxylic acids is 2. The molecule has 24 heteroatoms. The molecule has 5 amide bonds. The van der Waals surface area contributed by atoms with E-state index >= 15 is 0 Å². The van der Waals surface area contributed by atoms with Gasteiger partial charge in [-0.15, -0.1) is 0 Å². The van der Waals surface area contributed by atoms with Crippen molar-refractivity contribution in [2.24, 2.45) is 5.16 Å². The summed E-state index contributed by atoms with van der Waals surface area (Å²) in [5.41, 5.74) is 4.99. The highest BCUT2D eigenvalue weighted by Crippen LogP contribution is 2.49. The highest BCUT2D eigenvalue weighted by molar-refractivity contribution is 8.02. The first-order valence-corrected chi connectivity index (χ1v) is 15.9. The van der Waals surface area contributed by atoms with Crippen LogP contribution in [0.5, 0.6) is 11.5 Å². The van der Waals surface area contributed by atoms with Gasteiger partial charge in [0.2, 0.25) is 27.9 Å². The number of carbonyl (C=O) groups is 7. The van der Waals surface area contributed by atoms with Crippen molar-refractivity contribution in [2.75, 3.05) is 25.4 Å². The zero-order valence-corrected chi connectivity index (χ0v) is 26.7. The van der Waals surface area contributed by atoms with Crippen LogP contribution in [0.1, 0.15) is 29.0 Å². The van der Waals surface area contributed by atoms with E-state index in [1.165, 1.54) is 0 Å². The molecule has 3 atom stereocenters. The van der Waals surface area contributed by atoms with Gasteiger partial charge in [0, 0.05) is 30.9 Å². The lowest BCUT2D eigenvalue weighted by Gasteiger charge is -2.41. The van der Waals surface area contributed by atoms with Gasteiger partial charge in [-0.25, -0.2) is 19.4 Å². The van der Waals surface area contributed by atoms with E-state index in [1.54, 1.807) is 0 Å². The largest absolute Gasteiger partial charge is 0.504 e. The Bertz CT molecular complexity index is 1890. The number of nitrogens with two attached hydrogens (primary N) is 1. The van der Waals surface area contributed by atoms with E-state index in [9.17, 15) is 54.0 Å². The molecule has 3 aliphatic heterocycles. The van der Waals surface area contributed by atoms with Crippen molar-refractivity contribution in [1.82, 2.24) is 34.9 Å². The average molecular weight is 740 g/mol. The zero-order valence-electron chi connectivity index (χ0n) is 24.4. The number of fused-ring (bicyclic) bond motifs is 1. The third-order valence-electron chi connectivity index (χ3n) is 7.96. The maximum Gasteiger partial charge on any atom is 0.350 e. The van der Waals surface area contributed by atoms with E-state index in [0.717, 1.165) is 21.9 Å². The first-order valence-electron chi connectivity index (χ1n) is 13.9. The number of rotatable bonds is 11. The standard InChI is InChI=1S/C25H22ClN9O12S2/c26-10-8(1-2-9(36)14(10)38)13(37)17(40)30-35-6-5-34(23(35)46)25(21(44)45)7-33-18(41)12(19(33)48-25)28-16(39)11(15-29-22(27)49-32-15)31-47-24(3-4-24)20(42)43/h1-2,12,19,36,38H,3-7H2,(H,28,39)(H,30,40)(H,42,43)(H,44,45)(H2,27,29,32)/b31-11-/t12-,19-,25-/m1/s1. The Kier molecular flexibility index (Phi) is 8.15. The molecule has 21 nitrogen and oxygen atoms in total. The number of aromatic hydroxyl groups is 2. The fraction of sp³-hybridized carbons (Fsp3) is 0.360. The summed E-state index contributed by atoms with van der Waals surface area (Å²) in [6.45, 7) is -1.05. The van der Waals surface area contributed by atoms with Crippen molar-refractivity contribution in [2.45, 2.75) is 34.7 Å². The normalized spacial score (nSPS) is 23.9. The number of phenols is 2. The molecule has 2 aromatic rings. The van der Waals surface area contributed by atoms with Crippen LogP contribution in [0.15, 0.2) is 17.3 Å². The summed E-state index contributed by atoms with van der Waals surface area (Å²) in [5, 5.41) is 44.1. The topological polar surface area (TPSA) is 308 Å². The molecule has 49 heavy (non-hydrogen) atoms. The molecular weight excluding hydrogens is 718 g/mol. The van der Waals surface area contributed by atoms with Gasteiger partial charge in [0.1, 0.15) is 11.4 Å². The van der Waals surface area contributed by atoms with Crippen LogP contribution in [-0.2, 0) is 28.8 Å². The van der Waals surface area contributed by atoms with E-state index in [4.69, 9.17) is 22.2 Å². The van der Waals surface area contributed by atoms with Crippen molar-refractivity contribution >= 4 is 87.2 Å². The fourth-order valence-corrected chi connectivity index (χ4v) is 7.44. The number of ketones is 1. The number of carbonyl (C=O) groups excluding carboxylic acids is 5. The molecule has 4 heterocycles. The molecular formula is C25H22ClN9O12S2. The first-order chi connectivity index (χ1) is 23.1. The monoisotopic (exact) mass is 739 g/mol. The Morgan fingerprint density at radius 3 is 2.41 bits per heavy atom. The lowest BCUT2D eigenvalue weighted by atomic mass is 10.1. The third-order valence-corrected chi connectivity index (χ3v) is 10.6. The number of thioether (sulfide) groups is 1. The Hall–Kier alpha value is -5.42. The SMILES string of the molecule is Nc1nc(/C(=N/OC2(C(=O)O)CC2)C(=O)N[C@@H]2C(=O)N3C[C@@](C(=O)O)(N4CCN(NC(=O)C(=O)c5ccc(O)c(O)c5Cl)C4=O)S[C@H]23)ns1.